The number of hydrogen-bond acceptors (Lipinski definition) is 2. The number of pyridine rings is 1. The summed E-state index contributed by atoms with van der Waals surface area (Å²) in [5.74, 6) is -0.328. The molecule has 0 atom stereocenters. The van der Waals surface area contributed by atoms with Crippen molar-refractivity contribution in [1.29, 1.82) is 0 Å². The Kier molecular flexibility index (Phi) is 3.74. The molecule has 0 radical (unpaired) electrons. The maximum Gasteiger partial charge on any atom is 0.286 e. The Balaban J connectivity index is 2.03. The van der Waals surface area contributed by atoms with Crippen molar-refractivity contribution >= 4 is 0 Å². The van der Waals surface area contributed by atoms with Crippen LogP contribution in [0.15, 0.2) is 71.7 Å². The van der Waals surface area contributed by atoms with Crippen LogP contribution in [0.4, 0.5) is 4.39 Å². The lowest BCUT2D eigenvalue weighted by molar-refractivity contribution is 0.174. The van der Waals surface area contributed by atoms with Crippen molar-refractivity contribution in [3.8, 4) is 11.1 Å². The molecule has 3 nitrogen and oxygen atoms in total. The van der Waals surface area contributed by atoms with Crippen molar-refractivity contribution in [2.75, 3.05) is 0 Å². The number of rotatable bonds is 3. The molecule has 0 saturated carbocycles. The fraction of sp³-hybridized carbons (Fsp3) is 0.0556. The fourth-order valence-corrected chi connectivity index (χ4v) is 2.37. The average Bonchev–Trinajstić information content (AvgIpc) is 2.53. The Morgan fingerprint density at radius 1 is 0.955 bits per heavy atom. The van der Waals surface area contributed by atoms with Gasteiger partial charge in [0, 0.05) is 17.5 Å². The van der Waals surface area contributed by atoms with Gasteiger partial charge in [0.2, 0.25) is 0 Å². The van der Waals surface area contributed by atoms with Crippen molar-refractivity contribution in [2.45, 2.75) is 6.42 Å². The third kappa shape index (κ3) is 2.91. The number of hydrogen-bond donors (Lipinski definition) is 1. The molecule has 1 aromatic heterocycles. The predicted octanol–water partition coefficient (Wildman–Crippen LogP) is 3.48. The second-order valence-electron chi connectivity index (χ2n) is 5.07. The highest BCUT2D eigenvalue weighted by Crippen LogP contribution is 2.20. The maximum atomic E-state index is 13.0. The van der Waals surface area contributed by atoms with E-state index in [1.165, 1.54) is 18.3 Å². The van der Waals surface area contributed by atoms with E-state index in [-0.39, 0.29) is 5.82 Å². The third-order valence-electron chi connectivity index (χ3n) is 3.49. The molecule has 0 aliphatic rings. The molecule has 0 fully saturated rings. The second kappa shape index (κ2) is 5.85. The smallest absolute Gasteiger partial charge is 0.286 e. The summed E-state index contributed by atoms with van der Waals surface area (Å²) in [4.78, 5) is 12.1. The van der Waals surface area contributed by atoms with Gasteiger partial charge in [-0.3, -0.25) is 4.79 Å². The van der Waals surface area contributed by atoms with Gasteiger partial charge < -0.3 is 5.21 Å². The van der Waals surface area contributed by atoms with Crippen LogP contribution in [0, 0.1) is 5.82 Å². The molecular formula is C18H14FNO2. The highest BCUT2D eigenvalue weighted by Gasteiger charge is 2.09. The second-order valence-corrected chi connectivity index (χ2v) is 5.07. The quantitative estimate of drug-likeness (QED) is 0.752. The Labute approximate surface area is 126 Å². The summed E-state index contributed by atoms with van der Waals surface area (Å²) in [6.07, 6.45) is 1.76. The molecule has 1 N–H and O–H groups in total. The molecule has 0 aliphatic heterocycles. The summed E-state index contributed by atoms with van der Waals surface area (Å²) in [5, 5.41) is 9.80. The largest absolute Gasteiger partial charge is 0.425 e. The zero-order valence-electron chi connectivity index (χ0n) is 11.7. The summed E-state index contributed by atoms with van der Waals surface area (Å²) < 4.78 is 13.6. The van der Waals surface area contributed by atoms with Gasteiger partial charge in [-0.15, -0.1) is 0 Å². The van der Waals surface area contributed by atoms with E-state index in [2.05, 4.69) is 0 Å². The van der Waals surface area contributed by atoms with Gasteiger partial charge in [-0.05, 0) is 29.3 Å². The van der Waals surface area contributed by atoms with E-state index >= 15 is 0 Å². The van der Waals surface area contributed by atoms with Gasteiger partial charge in [-0.1, -0.05) is 42.5 Å². The van der Waals surface area contributed by atoms with E-state index in [1.54, 1.807) is 18.2 Å². The first kappa shape index (κ1) is 14.1. The topological polar surface area (TPSA) is 42.2 Å². The number of aromatic nitrogens is 1. The van der Waals surface area contributed by atoms with Gasteiger partial charge in [-0.25, -0.2) is 4.39 Å². The first-order chi connectivity index (χ1) is 10.6. The van der Waals surface area contributed by atoms with Crippen LogP contribution >= 0.6 is 0 Å². The minimum absolute atomic E-state index is 0.328. The zero-order valence-corrected chi connectivity index (χ0v) is 11.7. The van der Waals surface area contributed by atoms with Crippen LogP contribution in [-0.4, -0.2) is 9.94 Å². The van der Waals surface area contributed by atoms with Crippen LogP contribution in [0.3, 0.4) is 0 Å². The monoisotopic (exact) mass is 295 g/mol. The molecule has 110 valence electrons. The maximum absolute atomic E-state index is 13.0. The normalized spacial score (nSPS) is 10.6. The van der Waals surface area contributed by atoms with Crippen LogP contribution in [0.1, 0.15) is 11.1 Å². The van der Waals surface area contributed by atoms with Crippen LogP contribution < -0.4 is 5.56 Å². The van der Waals surface area contributed by atoms with E-state index in [0.29, 0.717) is 22.3 Å². The van der Waals surface area contributed by atoms with Crippen LogP contribution in [0.25, 0.3) is 11.1 Å². The number of benzene rings is 2. The summed E-state index contributed by atoms with van der Waals surface area (Å²) in [5.41, 5.74) is 2.41. The van der Waals surface area contributed by atoms with Gasteiger partial charge in [0.15, 0.2) is 0 Å². The summed E-state index contributed by atoms with van der Waals surface area (Å²) in [7, 11) is 0. The Hall–Kier alpha value is -2.88. The van der Waals surface area contributed by atoms with Crippen molar-refractivity contribution in [2.24, 2.45) is 0 Å². The zero-order chi connectivity index (χ0) is 15.5. The van der Waals surface area contributed by atoms with Crippen LogP contribution in [-0.2, 0) is 6.42 Å². The van der Waals surface area contributed by atoms with E-state index in [0.717, 1.165) is 11.1 Å². The van der Waals surface area contributed by atoms with E-state index < -0.39 is 5.56 Å². The molecular weight excluding hydrogens is 281 g/mol. The molecule has 0 unspecified atom stereocenters. The van der Waals surface area contributed by atoms with E-state index in [1.807, 2.05) is 30.3 Å². The Bertz CT molecular complexity index is 839. The molecule has 22 heavy (non-hydrogen) atoms. The molecule has 0 aliphatic carbocycles. The van der Waals surface area contributed by atoms with Gasteiger partial charge in [-0.2, -0.15) is 4.73 Å². The van der Waals surface area contributed by atoms with Gasteiger partial charge in [0.25, 0.3) is 5.56 Å². The summed E-state index contributed by atoms with van der Waals surface area (Å²) in [6.45, 7) is 0. The fourth-order valence-electron chi connectivity index (χ4n) is 2.37. The first-order valence-electron chi connectivity index (χ1n) is 6.88. The van der Waals surface area contributed by atoms with Crippen molar-refractivity contribution in [3.63, 3.8) is 0 Å². The van der Waals surface area contributed by atoms with Crippen molar-refractivity contribution in [1.82, 2.24) is 4.73 Å². The minimum atomic E-state index is -0.449. The van der Waals surface area contributed by atoms with E-state index in [4.69, 9.17) is 0 Å². The molecule has 3 rings (SSSR count). The molecule has 0 spiro atoms. The lowest BCUT2D eigenvalue weighted by Gasteiger charge is -2.08. The Morgan fingerprint density at radius 3 is 2.32 bits per heavy atom. The highest BCUT2D eigenvalue weighted by molar-refractivity contribution is 5.63. The molecule has 0 amide bonds. The highest BCUT2D eigenvalue weighted by atomic mass is 19.1. The molecule has 0 bridgehead atoms. The van der Waals surface area contributed by atoms with Gasteiger partial charge in [0.05, 0.1) is 6.20 Å². The van der Waals surface area contributed by atoms with E-state index in [9.17, 15) is 14.4 Å². The SMILES string of the molecule is O=c1c(Cc2ccccc2)cc(-c2ccc(F)cc2)cn1O. The van der Waals surface area contributed by atoms with Crippen molar-refractivity contribution < 1.29 is 9.60 Å². The van der Waals surface area contributed by atoms with Gasteiger partial charge >= 0.3 is 0 Å². The number of nitrogens with zero attached hydrogens (tertiary/aromatic N) is 1. The summed E-state index contributed by atoms with van der Waals surface area (Å²) in [6, 6.07) is 17.2. The van der Waals surface area contributed by atoms with Crippen LogP contribution in [0.2, 0.25) is 0 Å². The number of halogens is 1. The molecule has 3 aromatic rings. The molecule has 1 heterocycles. The van der Waals surface area contributed by atoms with Gasteiger partial charge in [0.1, 0.15) is 5.82 Å². The average molecular weight is 295 g/mol. The predicted molar refractivity (Wildman–Crippen MR) is 82.5 cm³/mol. The molecule has 0 saturated heterocycles. The Morgan fingerprint density at radius 2 is 1.64 bits per heavy atom. The minimum Gasteiger partial charge on any atom is -0.425 e. The molecule has 2 aromatic carbocycles. The van der Waals surface area contributed by atoms with Crippen LogP contribution in [0.5, 0.6) is 0 Å². The standard InChI is InChI=1S/C18H14FNO2/c19-17-8-6-14(7-9-17)16-11-15(18(21)20(22)12-16)10-13-4-2-1-3-5-13/h1-9,11-12,22H,10H2. The lowest BCUT2D eigenvalue weighted by atomic mass is 10.0. The molecule has 4 heteroatoms. The third-order valence-corrected chi connectivity index (χ3v) is 3.49. The van der Waals surface area contributed by atoms with Crippen molar-refractivity contribution in [3.05, 3.63) is 94.2 Å². The summed E-state index contributed by atoms with van der Waals surface area (Å²) >= 11 is 0. The first-order valence-corrected chi connectivity index (χ1v) is 6.88. The lowest BCUT2D eigenvalue weighted by Crippen LogP contribution is -2.21.